The molecule has 1 fully saturated rings. The van der Waals surface area contributed by atoms with Crippen molar-refractivity contribution in [3.8, 4) is 5.75 Å². The molecule has 1 aromatic heterocycles. The first-order valence-corrected chi connectivity index (χ1v) is 4.69. The molecule has 0 bridgehead atoms. The van der Waals surface area contributed by atoms with E-state index < -0.39 is 0 Å². The predicted octanol–water partition coefficient (Wildman–Crippen LogP) is 1.73. The average molecular weight is 199 g/mol. The number of rotatable bonds is 3. The Balaban J connectivity index is 2.21. The van der Waals surface area contributed by atoms with Gasteiger partial charge in [0, 0.05) is 6.54 Å². The number of halogens is 1. The zero-order valence-electron chi connectivity index (χ0n) is 7.16. The molecular formula is C9H11ClN2O. The van der Waals surface area contributed by atoms with Crippen LogP contribution in [0.25, 0.3) is 0 Å². The van der Waals surface area contributed by atoms with E-state index in [1.165, 1.54) is 0 Å². The molecule has 0 aliphatic heterocycles. The molecule has 0 unspecified atom stereocenters. The second-order valence-electron chi connectivity index (χ2n) is 3.10. The van der Waals surface area contributed by atoms with E-state index in [9.17, 15) is 0 Å². The standard InChI is InChI=1S/C9H11ClN2O/c10-9-4-3-8(7(5-11)12-9)13-6-1-2-6/h3-4,6H,1-2,5,11H2. The fourth-order valence-corrected chi connectivity index (χ4v) is 1.25. The van der Waals surface area contributed by atoms with Gasteiger partial charge in [0.2, 0.25) is 0 Å². The van der Waals surface area contributed by atoms with Crippen LogP contribution in [0.4, 0.5) is 0 Å². The molecule has 0 aromatic carbocycles. The minimum absolute atomic E-state index is 0.364. The zero-order chi connectivity index (χ0) is 9.26. The number of nitrogens with two attached hydrogens (primary N) is 1. The molecule has 2 rings (SSSR count). The summed E-state index contributed by atoms with van der Waals surface area (Å²) in [5, 5.41) is 0.462. The van der Waals surface area contributed by atoms with Gasteiger partial charge in [0.05, 0.1) is 11.8 Å². The van der Waals surface area contributed by atoms with E-state index in [0.717, 1.165) is 24.3 Å². The maximum absolute atomic E-state index is 5.73. The van der Waals surface area contributed by atoms with Gasteiger partial charge in [-0.2, -0.15) is 0 Å². The summed E-state index contributed by atoms with van der Waals surface area (Å²) in [5.41, 5.74) is 6.25. The second kappa shape index (κ2) is 3.52. The molecule has 4 heteroatoms. The van der Waals surface area contributed by atoms with Gasteiger partial charge in [-0.15, -0.1) is 0 Å². The lowest BCUT2D eigenvalue weighted by Gasteiger charge is -2.08. The van der Waals surface area contributed by atoms with Crippen molar-refractivity contribution in [2.75, 3.05) is 0 Å². The Hall–Kier alpha value is -0.800. The lowest BCUT2D eigenvalue weighted by molar-refractivity contribution is 0.298. The van der Waals surface area contributed by atoms with Gasteiger partial charge in [0.25, 0.3) is 0 Å². The molecule has 3 nitrogen and oxygen atoms in total. The second-order valence-corrected chi connectivity index (χ2v) is 3.49. The van der Waals surface area contributed by atoms with Crippen molar-refractivity contribution < 1.29 is 4.74 Å². The SMILES string of the molecule is NCc1nc(Cl)ccc1OC1CC1. The lowest BCUT2D eigenvalue weighted by Crippen LogP contribution is -2.05. The van der Waals surface area contributed by atoms with Crippen molar-refractivity contribution in [1.82, 2.24) is 4.98 Å². The highest BCUT2D eigenvalue weighted by Crippen LogP contribution is 2.28. The zero-order valence-corrected chi connectivity index (χ0v) is 7.92. The van der Waals surface area contributed by atoms with Crippen molar-refractivity contribution >= 4 is 11.6 Å². The summed E-state index contributed by atoms with van der Waals surface area (Å²) in [5.74, 6) is 0.773. The monoisotopic (exact) mass is 198 g/mol. The number of aromatic nitrogens is 1. The fraction of sp³-hybridized carbons (Fsp3) is 0.444. The number of nitrogens with zero attached hydrogens (tertiary/aromatic N) is 1. The Bertz CT molecular complexity index is 312. The van der Waals surface area contributed by atoms with E-state index in [-0.39, 0.29) is 0 Å². The van der Waals surface area contributed by atoms with Crippen molar-refractivity contribution in [3.05, 3.63) is 23.0 Å². The molecular weight excluding hydrogens is 188 g/mol. The van der Waals surface area contributed by atoms with E-state index in [0.29, 0.717) is 17.8 Å². The van der Waals surface area contributed by atoms with Gasteiger partial charge < -0.3 is 10.5 Å². The number of hydrogen-bond acceptors (Lipinski definition) is 3. The molecule has 1 aliphatic rings. The van der Waals surface area contributed by atoms with Crippen LogP contribution in [0.1, 0.15) is 18.5 Å². The quantitative estimate of drug-likeness (QED) is 0.753. The third-order valence-corrected chi connectivity index (χ3v) is 2.12. The molecule has 0 atom stereocenters. The Labute approximate surface area is 81.9 Å². The first-order valence-electron chi connectivity index (χ1n) is 4.32. The third-order valence-electron chi connectivity index (χ3n) is 1.91. The van der Waals surface area contributed by atoms with Gasteiger partial charge >= 0.3 is 0 Å². The highest BCUT2D eigenvalue weighted by atomic mass is 35.5. The largest absolute Gasteiger partial charge is 0.488 e. The summed E-state index contributed by atoms with van der Waals surface area (Å²) in [6.07, 6.45) is 2.63. The summed E-state index contributed by atoms with van der Waals surface area (Å²) in [6, 6.07) is 3.55. The number of hydrogen-bond donors (Lipinski definition) is 1. The molecule has 0 spiro atoms. The van der Waals surface area contributed by atoms with E-state index in [4.69, 9.17) is 22.1 Å². The summed E-state index contributed by atoms with van der Waals surface area (Å²) in [6.45, 7) is 0.364. The fourth-order valence-electron chi connectivity index (χ4n) is 1.08. The van der Waals surface area contributed by atoms with Gasteiger partial charge in [-0.1, -0.05) is 11.6 Å². The highest BCUT2D eigenvalue weighted by molar-refractivity contribution is 6.29. The van der Waals surface area contributed by atoms with Gasteiger partial charge in [0.1, 0.15) is 10.9 Å². The van der Waals surface area contributed by atoms with E-state index in [1.807, 2.05) is 6.07 Å². The van der Waals surface area contributed by atoms with Crippen LogP contribution in [-0.4, -0.2) is 11.1 Å². The van der Waals surface area contributed by atoms with Crippen LogP contribution in [-0.2, 0) is 6.54 Å². The van der Waals surface area contributed by atoms with Gasteiger partial charge in [-0.25, -0.2) is 4.98 Å². The molecule has 2 N–H and O–H groups in total. The molecule has 1 aliphatic carbocycles. The number of pyridine rings is 1. The van der Waals surface area contributed by atoms with Crippen LogP contribution >= 0.6 is 11.6 Å². The smallest absolute Gasteiger partial charge is 0.142 e. The molecule has 70 valence electrons. The average Bonchev–Trinajstić information content (AvgIpc) is 2.92. The summed E-state index contributed by atoms with van der Waals surface area (Å²) >= 11 is 5.73. The molecule has 1 heterocycles. The van der Waals surface area contributed by atoms with Gasteiger partial charge in [0.15, 0.2) is 0 Å². The maximum Gasteiger partial charge on any atom is 0.142 e. The molecule has 1 aromatic rings. The van der Waals surface area contributed by atoms with Crippen molar-refractivity contribution in [3.63, 3.8) is 0 Å². The van der Waals surface area contributed by atoms with Crippen LogP contribution in [0.2, 0.25) is 5.15 Å². The van der Waals surface area contributed by atoms with E-state index in [1.54, 1.807) is 6.07 Å². The predicted molar refractivity (Wildman–Crippen MR) is 50.8 cm³/mol. The lowest BCUT2D eigenvalue weighted by atomic mass is 10.3. The molecule has 0 radical (unpaired) electrons. The Kier molecular flexibility index (Phi) is 2.38. The maximum atomic E-state index is 5.73. The Morgan fingerprint density at radius 1 is 1.54 bits per heavy atom. The van der Waals surface area contributed by atoms with Crippen LogP contribution in [0.5, 0.6) is 5.75 Å². The summed E-state index contributed by atoms with van der Waals surface area (Å²) in [4.78, 5) is 4.09. The van der Waals surface area contributed by atoms with Crippen LogP contribution in [0, 0.1) is 0 Å². The molecule has 13 heavy (non-hydrogen) atoms. The first-order chi connectivity index (χ1) is 6.29. The summed E-state index contributed by atoms with van der Waals surface area (Å²) in [7, 11) is 0. The van der Waals surface area contributed by atoms with Crippen molar-refractivity contribution in [1.29, 1.82) is 0 Å². The first kappa shape index (κ1) is 8.78. The topological polar surface area (TPSA) is 48.1 Å². The van der Waals surface area contributed by atoms with Gasteiger partial charge in [-0.3, -0.25) is 0 Å². The molecule has 0 saturated heterocycles. The normalized spacial score (nSPS) is 15.8. The number of ether oxygens (including phenoxy) is 1. The van der Waals surface area contributed by atoms with Crippen LogP contribution in [0.15, 0.2) is 12.1 Å². The van der Waals surface area contributed by atoms with Crippen molar-refractivity contribution in [2.45, 2.75) is 25.5 Å². The summed E-state index contributed by atoms with van der Waals surface area (Å²) < 4.78 is 5.60. The molecule has 1 saturated carbocycles. The van der Waals surface area contributed by atoms with Crippen LogP contribution in [0.3, 0.4) is 0 Å². The molecule has 0 amide bonds. The minimum atomic E-state index is 0.364. The highest BCUT2D eigenvalue weighted by Gasteiger charge is 2.24. The third kappa shape index (κ3) is 2.11. The Morgan fingerprint density at radius 3 is 2.92 bits per heavy atom. The van der Waals surface area contributed by atoms with E-state index in [2.05, 4.69) is 4.98 Å². The van der Waals surface area contributed by atoms with Gasteiger partial charge in [-0.05, 0) is 25.0 Å². The van der Waals surface area contributed by atoms with Crippen molar-refractivity contribution in [2.24, 2.45) is 5.73 Å². The van der Waals surface area contributed by atoms with E-state index >= 15 is 0 Å². The Morgan fingerprint density at radius 2 is 2.31 bits per heavy atom. The van der Waals surface area contributed by atoms with Crippen LogP contribution < -0.4 is 10.5 Å². The minimum Gasteiger partial charge on any atom is -0.488 e.